The van der Waals surface area contributed by atoms with Gasteiger partial charge in [-0.15, -0.1) is 12.4 Å². The Hall–Kier alpha value is -1.68. The lowest BCUT2D eigenvalue weighted by Gasteiger charge is -2.21. The second-order valence-electron chi connectivity index (χ2n) is 7.73. The summed E-state index contributed by atoms with van der Waals surface area (Å²) >= 11 is 0. The molecule has 0 saturated heterocycles. The molecule has 0 bridgehead atoms. The molecule has 0 unspecified atom stereocenters. The number of sulfonamides is 1. The quantitative estimate of drug-likeness (QED) is 0.483. The maximum absolute atomic E-state index is 12.6. The number of benzene rings is 1. The standard InChI is InChI=1S/C18H30N4O4S.ClH/c1-12(2)16(19)17(24)21-11-15(23)20-10-13-8-6-7-9-14(13)27(25,26)22-18(3,4)5;/h6-9,12,16,22H,10-11,19H2,1-5H3,(H,20,23)(H,21,24);1H/t16-;/m0./s1. The number of amides is 2. The van der Waals surface area contributed by atoms with E-state index in [1.165, 1.54) is 6.07 Å². The number of carbonyl (C=O) groups excluding carboxylic acids is 2. The van der Waals surface area contributed by atoms with Gasteiger partial charge >= 0.3 is 0 Å². The Labute approximate surface area is 173 Å². The summed E-state index contributed by atoms with van der Waals surface area (Å²) in [6.45, 7) is 8.67. The number of hydrogen-bond acceptors (Lipinski definition) is 5. The molecule has 10 heteroatoms. The lowest BCUT2D eigenvalue weighted by atomic mass is 10.1. The molecule has 1 aromatic rings. The van der Waals surface area contributed by atoms with E-state index in [1.54, 1.807) is 39.0 Å². The van der Waals surface area contributed by atoms with Crippen LogP contribution in [0.15, 0.2) is 29.2 Å². The van der Waals surface area contributed by atoms with Crippen molar-refractivity contribution in [1.29, 1.82) is 0 Å². The molecule has 0 aliphatic carbocycles. The molecule has 160 valence electrons. The van der Waals surface area contributed by atoms with Crippen molar-refractivity contribution in [3.05, 3.63) is 29.8 Å². The highest BCUT2D eigenvalue weighted by molar-refractivity contribution is 7.89. The first-order chi connectivity index (χ1) is 12.3. The van der Waals surface area contributed by atoms with Crippen LogP contribution < -0.4 is 21.1 Å². The summed E-state index contributed by atoms with van der Waals surface area (Å²) in [7, 11) is -3.73. The minimum atomic E-state index is -3.73. The second kappa shape index (κ2) is 10.8. The first-order valence-corrected chi connectivity index (χ1v) is 10.2. The fourth-order valence-corrected chi connectivity index (χ4v) is 3.87. The van der Waals surface area contributed by atoms with Crippen LogP contribution in [-0.4, -0.2) is 38.4 Å². The Morgan fingerprint density at radius 2 is 1.68 bits per heavy atom. The Kier molecular flexibility index (Phi) is 10.1. The molecule has 8 nitrogen and oxygen atoms in total. The van der Waals surface area contributed by atoms with E-state index in [-0.39, 0.29) is 36.3 Å². The number of nitrogens with two attached hydrogens (primary N) is 1. The number of hydrogen-bond donors (Lipinski definition) is 4. The molecule has 0 spiro atoms. The van der Waals surface area contributed by atoms with Gasteiger partial charge in [0.05, 0.1) is 17.5 Å². The number of carbonyl (C=O) groups is 2. The molecule has 5 N–H and O–H groups in total. The largest absolute Gasteiger partial charge is 0.350 e. The minimum absolute atomic E-state index is 0. The first kappa shape index (κ1) is 26.3. The topological polar surface area (TPSA) is 130 Å². The fraction of sp³-hybridized carbons (Fsp3) is 0.556. The van der Waals surface area contributed by atoms with E-state index in [9.17, 15) is 18.0 Å². The normalized spacial score (nSPS) is 12.8. The smallest absolute Gasteiger partial charge is 0.241 e. The van der Waals surface area contributed by atoms with E-state index in [2.05, 4.69) is 15.4 Å². The summed E-state index contributed by atoms with van der Waals surface area (Å²) in [5, 5.41) is 5.08. The van der Waals surface area contributed by atoms with Crippen molar-refractivity contribution in [2.24, 2.45) is 11.7 Å². The molecule has 0 aromatic heterocycles. The lowest BCUT2D eigenvalue weighted by Crippen LogP contribution is -2.47. The molecule has 0 saturated carbocycles. The van der Waals surface area contributed by atoms with Crippen molar-refractivity contribution in [2.75, 3.05) is 6.54 Å². The summed E-state index contributed by atoms with van der Waals surface area (Å²) < 4.78 is 27.7. The zero-order chi connectivity index (χ0) is 20.8. The highest BCUT2D eigenvalue weighted by Gasteiger charge is 2.24. The first-order valence-electron chi connectivity index (χ1n) is 8.75. The zero-order valence-electron chi connectivity index (χ0n) is 16.9. The molecule has 1 rings (SSSR count). The van der Waals surface area contributed by atoms with Crippen LogP contribution in [0.1, 0.15) is 40.2 Å². The Morgan fingerprint density at radius 1 is 1.11 bits per heavy atom. The van der Waals surface area contributed by atoms with Crippen LogP contribution in [0.25, 0.3) is 0 Å². The van der Waals surface area contributed by atoms with Crippen molar-refractivity contribution in [2.45, 2.75) is 57.6 Å². The molecule has 0 fully saturated rings. The number of rotatable bonds is 8. The third kappa shape index (κ3) is 8.55. The number of halogens is 1. The molecule has 1 aromatic carbocycles. The summed E-state index contributed by atoms with van der Waals surface area (Å²) in [5.41, 5.74) is 5.53. The summed E-state index contributed by atoms with van der Waals surface area (Å²) in [6.07, 6.45) is 0. The molecule has 28 heavy (non-hydrogen) atoms. The van der Waals surface area contributed by atoms with Gasteiger partial charge in [-0.2, -0.15) is 0 Å². The van der Waals surface area contributed by atoms with Gasteiger partial charge < -0.3 is 16.4 Å². The van der Waals surface area contributed by atoms with Crippen molar-refractivity contribution in [3.63, 3.8) is 0 Å². The van der Waals surface area contributed by atoms with Crippen molar-refractivity contribution < 1.29 is 18.0 Å². The van der Waals surface area contributed by atoms with Gasteiger partial charge in [-0.1, -0.05) is 32.0 Å². The lowest BCUT2D eigenvalue weighted by molar-refractivity contribution is -0.127. The average Bonchev–Trinajstić information content (AvgIpc) is 2.55. The van der Waals surface area contributed by atoms with Gasteiger partial charge in [0.25, 0.3) is 0 Å². The predicted molar refractivity (Wildman–Crippen MR) is 111 cm³/mol. The van der Waals surface area contributed by atoms with Crippen LogP contribution in [0.3, 0.4) is 0 Å². The van der Waals surface area contributed by atoms with Gasteiger partial charge in [0.15, 0.2) is 0 Å². The molecule has 0 radical (unpaired) electrons. The molecular weight excluding hydrogens is 404 g/mol. The maximum atomic E-state index is 12.6. The highest BCUT2D eigenvalue weighted by Crippen LogP contribution is 2.17. The van der Waals surface area contributed by atoms with E-state index >= 15 is 0 Å². The Bertz CT molecular complexity index is 776. The molecule has 0 aliphatic heterocycles. The van der Waals surface area contributed by atoms with Gasteiger partial charge in [0, 0.05) is 12.1 Å². The van der Waals surface area contributed by atoms with E-state index in [0.717, 1.165) is 0 Å². The predicted octanol–water partition coefficient (Wildman–Crippen LogP) is 0.901. The van der Waals surface area contributed by atoms with Crippen LogP contribution in [0.4, 0.5) is 0 Å². The molecular formula is C18H31ClN4O4S. The van der Waals surface area contributed by atoms with E-state index in [0.29, 0.717) is 5.56 Å². The summed E-state index contributed by atoms with van der Waals surface area (Å²) in [4.78, 5) is 23.9. The third-order valence-corrected chi connectivity index (χ3v) is 5.48. The van der Waals surface area contributed by atoms with Gasteiger partial charge in [0.1, 0.15) is 0 Å². The van der Waals surface area contributed by atoms with Crippen molar-refractivity contribution >= 4 is 34.2 Å². The van der Waals surface area contributed by atoms with Gasteiger partial charge in [0.2, 0.25) is 21.8 Å². The van der Waals surface area contributed by atoms with Crippen LogP contribution >= 0.6 is 12.4 Å². The maximum Gasteiger partial charge on any atom is 0.241 e. The van der Waals surface area contributed by atoms with Gasteiger partial charge in [-0.25, -0.2) is 13.1 Å². The Morgan fingerprint density at radius 3 is 2.21 bits per heavy atom. The van der Waals surface area contributed by atoms with Crippen molar-refractivity contribution in [3.8, 4) is 0 Å². The SMILES string of the molecule is CC(C)[C@H](N)C(=O)NCC(=O)NCc1ccccc1S(=O)(=O)NC(C)(C)C.Cl. The molecule has 0 heterocycles. The van der Waals surface area contributed by atoms with Crippen molar-refractivity contribution in [1.82, 2.24) is 15.4 Å². The van der Waals surface area contributed by atoms with Crippen LogP contribution in [-0.2, 0) is 26.2 Å². The average molecular weight is 435 g/mol. The monoisotopic (exact) mass is 434 g/mol. The van der Waals surface area contributed by atoms with Gasteiger partial charge in [-0.05, 0) is 38.3 Å². The Balaban J connectivity index is 0.00000729. The fourth-order valence-electron chi connectivity index (χ4n) is 2.21. The minimum Gasteiger partial charge on any atom is -0.350 e. The van der Waals surface area contributed by atoms with E-state index < -0.39 is 33.4 Å². The van der Waals surface area contributed by atoms with E-state index in [4.69, 9.17) is 5.73 Å². The third-order valence-electron chi connectivity index (χ3n) is 3.62. The molecule has 2 amide bonds. The van der Waals surface area contributed by atoms with Crippen LogP contribution in [0, 0.1) is 5.92 Å². The van der Waals surface area contributed by atoms with Crippen LogP contribution in [0.2, 0.25) is 0 Å². The van der Waals surface area contributed by atoms with E-state index in [1.807, 2.05) is 13.8 Å². The molecule has 1 atom stereocenters. The van der Waals surface area contributed by atoms with Gasteiger partial charge in [-0.3, -0.25) is 9.59 Å². The second-order valence-corrected chi connectivity index (χ2v) is 9.38. The summed E-state index contributed by atoms with van der Waals surface area (Å²) in [6, 6.07) is 5.74. The zero-order valence-corrected chi connectivity index (χ0v) is 18.5. The summed E-state index contributed by atoms with van der Waals surface area (Å²) in [5.74, 6) is -0.881. The molecule has 0 aliphatic rings. The van der Waals surface area contributed by atoms with Crippen LogP contribution in [0.5, 0.6) is 0 Å². The highest BCUT2D eigenvalue weighted by atomic mass is 35.5. The number of nitrogens with one attached hydrogen (secondary N) is 3.